The number of rotatable bonds is 3. The van der Waals surface area contributed by atoms with E-state index in [9.17, 15) is 0 Å². The van der Waals surface area contributed by atoms with Crippen molar-refractivity contribution in [3.63, 3.8) is 0 Å². The first kappa shape index (κ1) is 10.8. The topological polar surface area (TPSA) is 15.8 Å². The van der Waals surface area contributed by atoms with E-state index < -0.39 is 0 Å². The molecule has 1 nitrogen and oxygen atoms in total. The third-order valence-electron chi connectivity index (χ3n) is 2.68. The Balaban J connectivity index is 3.18. The number of nitrogens with one attached hydrogen (secondary N) is 1. The Morgan fingerprint density at radius 2 is 2.07 bits per heavy atom. The molecule has 0 aliphatic heterocycles. The Morgan fingerprint density at radius 3 is 2.50 bits per heavy atom. The summed E-state index contributed by atoms with van der Waals surface area (Å²) in [7, 11) is 0. The fourth-order valence-corrected chi connectivity index (χ4v) is 1.78. The lowest BCUT2D eigenvalue weighted by atomic mass is 10.1. The quantitative estimate of drug-likeness (QED) is 0.696. The maximum atomic E-state index is 3.75. The molecule has 0 atom stereocenters. The van der Waals surface area contributed by atoms with Gasteiger partial charge in [0.25, 0.3) is 0 Å². The molecule has 0 aliphatic carbocycles. The van der Waals surface area contributed by atoms with Crippen LogP contribution in [0.5, 0.6) is 0 Å². The molecule has 14 heavy (non-hydrogen) atoms. The molecule has 0 bridgehead atoms. The van der Waals surface area contributed by atoms with Gasteiger partial charge in [0.1, 0.15) is 0 Å². The molecule has 1 aromatic rings. The second kappa shape index (κ2) is 4.32. The van der Waals surface area contributed by atoms with Gasteiger partial charge >= 0.3 is 0 Å². The number of aromatic amines is 1. The third-order valence-corrected chi connectivity index (χ3v) is 2.68. The minimum atomic E-state index is 1.09. The molecule has 1 N–H and O–H groups in total. The summed E-state index contributed by atoms with van der Waals surface area (Å²) < 4.78 is 0. The van der Waals surface area contributed by atoms with E-state index in [4.69, 9.17) is 0 Å². The van der Waals surface area contributed by atoms with Gasteiger partial charge in [-0.15, -0.1) is 0 Å². The molecule has 1 rings (SSSR count). The predicted molar refractivity (Wildman–Crippen MR) is 63.5 cm³/mol. The number of aryl methyl sites for hydroxylation is 1. The van der Waals surface area contributed by atoms with Crippen LogP contribution in [0, 0.1) is 13.8 Å². The second-order valence-electron chi connectivity index (χ2n) is 3.71. The van der Waals surface area contributed by atoms with Crippen LogP contribution in [0.4, 0.5) is 0 Å². The van der Waals surface area contributed by atoms with Crippen molar-refractivity contribution in [2.24, 2.45) is 0 Å². The van der Waals surface area contributed by atoms with E-state index in [0.717, 1.165) is 6.42 Å². The van der Waals surface area contributed by atoms with E-state index in [1.165, 1.54) is 28.1 Å². The van der Waals surface area contributed by atoms with Crippen molar-refractivity contribution in [3.8, 4) is 0 Å². The Labute approximate surface area is 86.5 Å². The first-order valence-electron chi connectivity index (χ1n) is 5.08. The van der Waals surface area contributed by atoms with E-state index in [0.29, 0.717) is 0 Å². The van der Waals surface area contributed by atoms with Gasteiger partial charge in [0, 0.05) is 11.4 Å². The van der Waals surface area contributed by atoms with Crippen LogP contribution < -0.4 is 0 Å². The van der Waals surface area contributed by atoms with Crippen LogP contribution in [-0.4, -0.2) is 4.98 Å². The van der Waals surface area contributed by atoms with Crippen molar-refractivity contribution in [1.29, 1.82) is 0 Å². The number of allylic oxidation sites excluding steroid dienone is 2. The van der Waals surface area contributed by atoms with Crippen LogP contribution in [-0.2, 0) is 6.42 Å². The smallest absolute Gasteiger partial charge is 0.0417 e. The summed E-state index contributed by atoms with van der Waals surface area (Å²) in [6.07, 6.45) is 5.12. The Morgan fingerprint density at radius 1 is 1.43 bits per heavy atom. The van der Waals surface area contributed by atoms with Crippen molar-refractivity contribution in [2.75, 3.05) is 0 Å². The van der Waals surface area contributed by atoms with Crippen LogP contribution in [0.15, 0.2) is 18.2 Å². The van der Waals surface area contributed by atoms with Crippen LogP contribution in [0.3, 0.4) is 0 Å². The zero-order valence-electron chi connectivity index (χ0n) is 9.57. The van der Waals surface area contributed by atoms with Gasteiger partial charge in [0.05, 0.1) is 0 Å². The molecule has 0 saturated carbocycles. The number of hydrogen-bond acceptors (Lipinski definition) is 0. The molecule has 1 aromatic heterocycles. The molecule has 0 amide bonds. The number of hydrogen-bond donors (Lipinski definition) is 1. The van der Waals surface area contributed by atoms with E-state index in [-0.39, 0.29) is 0 Å². The zero-order valence-corrected chi connectivity index (χ0v) is 9.57. The van der Waals surface area contributed by atoms with E-state index >= 15 is 0 Å². The maximum absolute atomic E-state index is 3.75. The molecular weight excluding hydrogens is 170 g/mol. The average Bonchev–Trinajstić information content (AvgIpc) is 2.42. The standard InChI is InChI=1S/C13H19N/c1-6-9(3)8-13-10(4)12(7-2)11(5)14-13/h6,8,14H,1,7H2,2-5H3/b9-8+. The summed E-state index contributed by atoms with van der Waals surface area (Å²) in [6, 6.07) is 0. The lowest BCUT2D eigenvalue weighted by Gasteiger charge is -1.96. The fraction of sp³-hybridized carbons (Fsp3) is 0.385. The first-order chi connectivity index (χ1) is 6.60. The van der Waals surface area contributed by atoms with Gasteiger partial charge in [-0.2, -0.15) is 0 Å². The van der Waals surface area contributed by atoms with Gasteiger partial charge in [-0.05, 0) is 50.0 Å². The molecule has 0 unspecified atom stereocenters. The van der Waals surface area contributed by atoms with E-state index in [2.05, 4.69) is 45.3 Å². The molecule has 0 aliphatic rings. The molecule has 0 spiro atoms. The van der Waals surface area contributed by atoms with Crippen LogP contribution in [0.1, 0.15) is 36.4 Å². The highest BCUT2D eigenvalue weighted by molar-refractivity contribution is 5.58. The lowest BCUT2D eigenvalue weighted by molar-refractivity contribution is 1.08. The maximum Gasteiger partial charge on any atom is 0.0417 e. The summed E-state index contributed by atoms with van der Waals surface area (Å²) in [5, 5.41) is 0. The summed E-state index contributed by atoms with van der Waals surface area (Å²) >= 11 is 0. The predicted octanol–water partition coefficient (Wildman–Crippen LogP) is 3.78. The Hall–Kier alpha value is -1.24. The molecule has 0 aromatic carbocycles. The Kier molecular flexibility index (Phi) is 3.34. The monoisotopic (exact) mass is 189 g/mol. The highest BCUT2D eigenvalue weighted by atomic mass is 14.7. The van der Waals surface area contributed by atoms with Crippen LogP contribution >= 0.6 is 0 Å². The van der Waals surface area contributed by atoms with Crippen molar-refractivity contribution in [3.05, 3.63) is 40.7 Å². The number of H-pyrrole nitrogens is 1. The summed E-state index contributed by atoms with van der Waals surface area (Å²) in [5.74, 6) is 0. The molecule has 0 saturated heterocycles. The second-order valence-corrected chi connectivity index (χ2v) is 3.71. The lowest BCUT2D eigenvalue weighted by Crippen LogP contribution is -1.83. The van der Waals surface area contributed by atoms with Crippen molar-refractivity contribution in [2.45, 2.75) is 34.1 Å². The largest absolute Gasteiger partial charge is 0.359 e. The molecule has 1 heterocycles. The molecular formula is C13H19N. The molecule has 76 valence electrons. The minimum absolute atomic E-state index is 1.09. The zero-order chi connectivity index (χ0) is 10.7. The van der Waals surface area contributed by atoms with Gasteiger partial charge in [-0.3, -0.25) is 0 Å². The van der Waals surface area contributed by atoms with Crippen molar-refractivity contribution in [1.82, 2.24) is 4.98 Å². The van der Waals surface area contributed by atoms with Gasteiger partial charge in [0.2, 0.25) is 0 Å². The summed E-state index contributed by atoms with van der Waals surface area (Å²) in [6.45, 7) is 12.3. The Bertz CT molecular complexity index is 367. The van der Waals surface area contributed by atoms with Gasteiger partial charge in [0.15, 0.2) is 0 Å². The van der Waals surface area contributed by atoms with E-state index in [1.54, 1.807) is 0 Å². The summed E-state index contributed by atoms with van der Waals surface area (Å²) in [5.41, 5.74) is 6.50. The highest BCUT2D eigenvalue weighted by Crippen LogP contribution is 2.20. The third kappa shape index (κ3) is 1.98. The molecule has 0 fully saturated rings. The average molecular weight is 189 g/mol. The van der Waals surface area contributed by atoms with Gasteiger partial charge in [-0.25, -0.2) is 0 Å². The van der Waals surface area contributed by atoms with Crippen LogP contribution in [0.2, 0.25) is 0 Å². The number of aromatic nitrogens is 1. The van der Waals surface area contributed by atoms with Crippen molar-refractivity contribution >= 4 is 6.08 Å². The van der Waals surface area contributed by atoms with Crippen molar-refractivity contribution < 1.29 is 0 Å². The molecule has 1 heteroatoms. The van der Waals surface area contributed by atoms with Gasteiger partial charge in [-0.1, -0.05) is 19.6 Å². The summed E-state index contributed by atoms with van der Waals surface area (Å²) in [4.78, 5) is 3.40. The minimum Gasteiger partial charge on any atom is -0.359 e. The fourth-order valence-electron chi connectivity index (χ4n) is 1.78. The SMILES string of the molecule is C=C/C(C)=C/c1[nH]c(C)c(CC)c1C. The first-order valence-corrected chi connectivity index (χ1v) is 5.08. The highest BCUT2D eigenvalue weighted by Gasteiger charge is 2.07. The van der Waals surface area contributed by atoms with Gasteiger partial charge < -0.3 is 4.98 Å². The molecule has 0 radical (unpaired) electrons. The normalized spacial score (nSPS) is 11.9. The van der Waals surface area contributed by atoms with Crippen LogP contribution in [0.25, 0.3) is 6.08 Å². The van der Waals surface area contributed by atoms with E-state index in [1.807, 2.05) is 6.08 Å².